The molecule has 3 N–H and O–H groups in total. The summed E-state index contributed by atoms with van der Waals surface area (Å²) < 4.78 is 10.0. The number of ether oxygens (including phenoxy) is 2. The van der Waals surface area contributed by atoms with Gasteiger partial charge in [-0.25, -0.2) is 4.79 Å². The molecule has 0 unspecified atom stereocenters. The van der Waals surface area contributed by atoms with Gasteiger partial charge in [-0.15, -0.1) is 0 Å². The van der Waals surface area contributed by atoms with Crippen LogP contribution in [0, 0.1) is 5.92 Å². The fourth-order valence-corrected chi connectivity index (χ4v) is 1.97. The fourth-order valence-electron chi connectivity index (χ4n) is 1.97. The van der Waals surface area contributed by atoms with E-state index in [1.54, 1.807) is 13.8 Å². The predicted molar refractivity (Wildman–Crippen MR) is 79.3 cm³/mol. The Kier molecular flexibility index (Phi) is 6.03. The second-order valence-electron chi connectivity index (χ2n) is 5.15. The van der Waals surface area contributed by atoms with Crippen LogP contribution in [-0.4, -0.2) is 42.4 Å². The highest BCUT2D eigenvalue weighted by Crippen LogP contribution is 2.37. The topological polar surface area (TPSA) is 105 Å². The van der Waals surface area contributed by atoms with Crippen LogP contribution in [0.3, 0.4) is 0 Å². The van der Waals surface area contributed by atoms with Crippen molar-refractivity contribution in [2.45, 2.75) is 26.3 Å². The van der Waals surface area contributed by atoms with Gasteiger partial charge in [-0.1, -0.05) is 13.8 Å². The molecule has 0 saturated heterocycles. The van der Waals surface area contributed by atoms with Gasteiger partial charge in [0, 0.05) is 0 Å². The number of aliphatic carboxylic acids is 1. The first-order valence-electron chi connectivity index (χ1n) is 6.76. The Morgan fingerprint density at radius 2 is 1.68 bits per heavy atom. The molecule has 0 spiro atoms. The molecule has 1 aromatic carbocycles. The van der Waals surface area contributed by atoms with E-state index in [-0.39, 0.29) is 29.6 Å². The number of nitrogens with one attached hydrogen (secondary N) is 1. The molecule has 0 aromatic heterocycles. The molecule has 22 heavy (non-hydrogen) atoms. The number of hydrogen-bond acceptors (Lipinski definition) is 5. The first-order chi connectivity index (χ1) is 10.3. The van der Waals surface area contributed by atoms with E-state index in [1.165, 1.54) is 26.4 Å². The van der Waals surface area contributed by atoms with Crippen molar-refractivity contribution in [3.8, 4) is 17.2 Å². The highest BCUT2D eigenvalue weighted by molar-refractivity contribution is 5.85. The van der Waals surface area contributed by atoms with Gasteiger partial charge in [0.05, 0.1) is 20.6 Å². The van der Waals surface area contributed by atoms with E-state index < -0.39 is 17.9 Å². The normalized spacial score (nSPS) is 11.9. The minimum atomic E-state index is -1.08. The molecule has 0 bridgehead atoms. The number of hydrogen-bond donors (Lipinski definition) is 3. The van der Waals surface area contributed by atoms with Gasteiger partial charge in [-0.3, -0.25) is 4.79 Å². The minimum Gasteiger partial charge on any atom is -0.502 e. The summed E-state index contributed by atoms with van der Waals surface area (Å²) in [6, 6.07) is 2.05. The zero-order valence-electron chi connectivity index (χ0n) is 13.0. The first-order valence-corrected chi connectivity index (χ1v) is 6.76. The van der Waals surface area contributed by atoms with E-state index in [0.29, 0.717) is 5.56 Å². The van der Waals surface area contributed by atoms with Crippen LogP contribution in [-0.2, 0) is 16.0 Å². The molecule has 7 nitrogen and oxygen atoms in total. The van der Waals surface area contributed by atoms with Crippen LogP contribution in [0.1, 0.15) is 19.4 Å². The molecule has 1 amide bonds. The zero-order valence-corrected chi connectivity index (χ0v) is 13.0. The number of carbonyl (C=O) groups is 2. The lowest BCUT2D eigenvalue weighted by atomic mass is 10.0. The van der Waals surface area contributed by atoms with Gasteiger partial charge < -0.3 is 25.0 Å². The largest absolute Gasteiger partial charge is 0.502 e. The Morgan fingerprint density at radius 3 is 2.05 bits per heavy atom. The van der Waals surface area contributed by atoms with Crippen molar-refractivity contribution >= 4 is 11.9 Å². The number of amides is 1. The van der Waals surface area contributed by atoms with Gasteiger partial charge in [0.2, 0.25) is 11.7 Å². The number of benzene rings is 1. The van der Waals surface area contributed by atoms with Crippen molar-refractivity contribution in [3.05, 3.63) is 17.7 Å². The lowest BCUT2D eigenvalue weighted by Crippen LogP contribution is -2.44. The molecule has 1 atom stereocenters. The Labute approximate surface area is 128 Å². The van der Waals surface area contributed by atoms with Gasteiger partial charge in [-0.2, -0.15) is 0 Å². The van der Waals surface area contributed by atoms with Crippen molar-refractivity contribution < 1.29 is 29.3 Å². The van der Waals surface area contributed by atoms with Crippen LogP contribution >= 0.6 is 0 Å². The highest BCUT2D eigenvalue weighted by Gasteiger charge is 2.23. The Hall–Kier alpha value is -2.44. The van der Waals surface area contributed by atoms with E-state index in [1.807, 2.05) is 0 Å². The van der Waals surface area contributed by atoms with Gasteiger partial charge >= 0.3 is 5.97 Å². The monoisotopic (exact) mass is 311 g/mol. The summed E-state index contributed by atoms with van der Waals surface area (Å²) in [6.45, 7) is 3.43. The lowest BCUT2D eigenvalue weighted by molar-refractivity contribution is -0.143. The van der Waals surface area contributed by atoms with E-state index in [9.17, 15) is 14.7 Å². The minimum absolute atomic E-state index is 0.0521. The van der Waals surface area contributed by atoms with Crippen LogP contribution in [0.2, 0.25) is 0 Å². The maximum absolute atomic E-state index is 12.0. The van der Waals surface area contributed by atoms with Crippen LogP contribution in [0.25, 0.3) is 0 Å². The standard InChI is InChI=1S/C15H21NO6/c1-8(2)13(15(19)20)16-12(17)7-9-5-10(21-3)14(18)11(6-9)22-4/h5-6,8,13,18H,7H2,1-4H3,(H,16,17)(H,19,20)/t13-/m0/s1. The fraction of sp³-hybridized carbons (Fsp3) is 0.467. The molecule has 1 rings (SSSR count). The summed E-state index contributed by atoms with van der Waals surface area (Å²) >= 11 is 0. The molecule has 0 saturated carbocycles. The van der Waals surface area contributed by atoms with Gasteiger partial charge in [0.15, 0.2) is 11.5 Å². The molecule has 0 fully saturated rings. The molecule has 0 aliphatic carbocycles. The Bertz CT molecular complexity index is 530. The Morgan fingerprint density at radius 1 is 1.18 bits per heavy atom. The number of methoxy groups -OCH3 is 2. The molecule has 7 heteroatoms. The second-order valence-corrected chi connectivity index (χ2v) is 5.15. The summed E-state index contributed by atoms with van der Waals surface area (Å²) in [4.78, 5) is 23.1. The summed E-state index contributed by atoms with van der Waals surface area (Å²) in [5.74, 6) is -1.54. The molecule has 0 heterocycles. The van der Waals surface area contributed by atoms with Gasteiger partial charge in [0.25, 0.3) is 0 Å². The Balaban J connectivity index is 2.90. The van der Waals surface area contributed by atoms with Crippen LogP contribution in [0.5, 0.6) is 17.2 Å². The third kappa shape index (κ3) is 4.28. The van der Waals surface area contributed by atoms with Crippen LogP contribution in [0.4, 0.5) is 0 Å². The average Bonchev–Trinajstić information content (AvgIpc) is 2.45. The summed E-state index contributed by atoms with van der Waals surface area (Å²) in [5.41, 5.74) is 0.539. The second kappa shape index (κ2) is 7.53. The molecular weight excluding hydrogens is 290 g/mol. The maximum atomic E-state index is 12.0. The molecule has 1 aromatic rings. The van der Waals surface area contributed by atoms with Crippen molar-refractivity contribution in [2.24, 2.45) is 5.92 Å². The number of phenolic OH excluding ortho intramolecular Hbond substituents is 1. The molecule has 0 aliphatic heterocycles. The van der Waals surface area contributed by atoms with E-state index in [0.717, 1.165) is 0 Å². The number of carbonyl (C=O) groups excluding carboxylic acids is 1. The highest BCUT2D eigenvalue weighted by atomic mass is 16.5. The summed E-state index contributed by atoms with van der Waals surface area (Å²) in [7, 11) is 2.77. The number of rotatable bonds is 7. The molecular formula is C15H21NO6. The number of carboxylic acids is 1. The van der Waals surface area contributed by atoms with Crippen LogP contribution < -0.4 is 14.8 Å². The lowest BCUT2D eigenvalue weighted by Gasteiger charge is -2.18. The van der Waals surface area contributed by atoms with Crippen molar-refractivity contribution in [1.82, 2.24) is 5.32 Å². The van der Waals surface area contributed by atoms with Gasteiger partial charge in [-0.05, 0) is 23.6 Å². The summed E-state index contributed by atoms with van der Waals surface area (Å²) in [6.07, 6.45) is -0.0521. The average molecular weight is 311 g/mol. The molecule has 0 radical (unpaired) electrons. The van der Waals surface area contributed by atoms with E-state index in [2.05, 4.69) is 5.32 Å². The zero-order chi connectivity index (χ0) is 16.9. The predicted octanol–water partition coefficient (Wildman–Crippen LogP) is 1.18. The molecule has 122 valence electrons. The van der Waals surface area contributed by atoms with Gasteiger partial charge in [0.1, 0.15) is 6.04 Å². The van der Waals surface area contributed by atoms with Crippen molar-refractivity contribution in [1.29, 1.82) is 0 Å². The SMILES string of the molecule is COc1cc(CC(=O)N[C@H](C(=O)O)C(C)C)cc(OC)c1O. The van der Waals surface area contributed by atoms with E-state index in [4.69, 9.17) is 14.6 Å². The number of phenols is 1. The van der Waals surface area contributed by atoms with Crippen molar-refractivity contribution in [2.75, 3.05) is 14.2 Å². The number of carboxylic acid groups (broad SMARTS) is 1. The third-order valence-electron chi connectivity index (χ3n) is 3.15. The number of aromatic hydroxyl groups is 1. The first kappa shape index (κ1) is 17.6. The van der Waals surface area contributed by atoms with Crippen LogP contribution in [0.15, 0.2) is 12.1 Å². The smallest absolute Gasteiger partial charge is 0.326 e. The summed E-state index contributed by atoms with van der Waals surface area (Å²) in [5, 5.41) is 21.4. The maximum Gasteiger partial charge on any atom is 0.326 e. The van der Waals surface area contributed by atoms with Crippen molar-refractivity contribution in [3.63, 3.8) is 0 Å². The third-order valence-corrected chi connectivity index (χ3v) is 3.15. The quantitative estimate of drug-likeness (QED) is 0.698. The van der Waals surface area contributed by atoms with E-state index >= 15 is 0 Å². The molecule has 0 aliphatic rings.